The zero-order valence-electron chi connectivity index (χ0n) is 21.2. The fourth-order valence-corrected chi connectivity index (χ4v) is 7.10. The van der Waals surface area contributed by atoms with Gasteiger partial charge in [-0.15, -0.1) is 0 Å². The summed E-state index contributed by atoms with van der Waals surface area (Å²) in [7, 11) is -2.02. The summed E-state index contributed by atoms with van der Waals surface area (Å²) in [6.45, 7) is 3.91. The van der Waals surface area contributed by atoms with E-state index in [0.717, 1.165) is 40.1 Å². The van der Waals surface area contributed by atoms with Crippen LogP contribution in [0.15, 0.2) is 89.8 Å². The van der Waals surface area contributed by atoms with E-state index in [4.69, 9.17) is 4.74 Å². The minimum atomic E-state index is -3.74. The van der Waals surface area contributed by atoms with E-state index in [-0.39, 0.29) is 22.8 Å². The number of fused-ring (bicyclic) bond motifs is 4. The lowest BCUT2D eigenvalue weighted by Gasteiger charge is -2.38. The fourth-order valence-electron chi connectivity index (χ4n) is 5.93. The SMILES string of the molecule is COc1ccc2ccccc2c1C1Nc2ccc(S(=O)(=O)Nc3ccc(C)cc3C)cc2C2C=CCC21. The summed E-state index contributed by atoms with van der Waals surface area (Å²) < 4.78 is 35.3. The number of aryl methyl sites for hydroxylation is 2. The maximum atomic E-state index is 13.4. The minimum Gasteiger partial charge on any atom is -0.496 e. The van der Waals surface area contributed by atoms with Crippen molar-refractivity contribution in [3.8, 4) is 5.75 Å². The lowest BCUT2D eigenvalue weighted by Crippen LogP contribution is -2.30. The van der Waals surface area contributed by atoms with Crippen LogP contribution in [0.3, 0.4) is 0 Å². The maximum Gasteiger partial charge on any atom is 0.261 e. The van der Waals surface area contributed by atoms with E-state index in [9.17, 15) is 8.42 Å². The number of methoxy groups -OCH3 is 1. The number of nitrogens with one attached hydrogen (secondary N) is 2. The van der Waals surface area contributed by atoms with Crippen LogP contribution >= 0.6 is 0 Å². The second-order valence-electron chi connectivity index (χ2n) is 10.1. The van der Waals surface area contributed by atoms with Gasteiger partial charge in [-0.05, 0) is 78.4 Å². The summed E-state index contributed by atoms with van der Waals surface area (Å²) in [5.74, 6) is 1.22. The first-order valence-electron chi connectivity index (χ1n) is 12.6. The topological polar surface area (TPSA) is 67.4 Å². The molecule has 3 atom stereocenters. The van der Waals surface area contributed by atoms with E-state index in [2.05, 4.69) is 52.5 Å². The van der Waals surface area contributed by atoms with Crippen LogP contribution in [0.25, 0.3) is 10.8 Å². The first-order chi connectivity index (χ1) is 17.9. The van der Waals surface area contributed by atoms with Gasteiger partial charge in [0.05, 0.1) is 23.7 Å². The Labute approximate surface area is 218 Å². The quantitative estimate of drug-likeness (QED) is 0.281. The van der Waals surface area contributed by atoms with Crippen molar-refractivity contribution in [3.63, 3.8) is 0 Å². The number of rotatable bonds is 5. The Balaban J connectivity index is 1.40. The monoisotopic (exact) mass is 510 g/mol. The number of ether oxygens (including phenoxy) is 1. The molecule has 1 heterocycles. The highest BCUT2D eigenvalue weighted by Crippen LogP contribution is 2.52. The molecular weight excluding hydrogens is 480 g/mol. The highest BCUT2D eigenvalue weighted by molar-refractivity contribution is 7.92. The van der Waals surface area contributed by atoms with Crippen molar-refractivity contribution >= 4 is 32.2 Å². The van der Waals surface area contributed by atoms with Gasteiger partial charge in [-0.25, -0.2) is 8.42 Å². The first-order valence-corrected chi connectivity index (χ1v) is 14.1. The first kappa shape index (κ1) is 23.6. The lowest BCUT2D eigenvalue weighted by molar-refractivity contribution is 0.383. The van der Waals surface area contributed by atoms with Gasteiger partial charge < -0.3 is 10.1 Å². The molecule has 0 spiro atoms. The molecule has 3 unspecified atom stereocenters. The van der Waals surface area contributed by atoms with Crippen molar-refractivity contribution in [2.75, 3.05) is 17.1 Å². The number of hydrogen-bond acceptors (Lipinski definition) is 4. The van der Waals surface area contributed by atoms with E-state index < -0.39 is 10.0 Å². The summed E-state index contributed by atoms with van der Waals surface area (Å²) in [6, 6.07) is 23.7. The number of sulfonamides is 1. The van der Waals surface area contributed by atoms with Crippen molar-refractivity contribution < 1.29 is 13.2 Å². The second kappa shape index (κ2) is 8.96. The Hall–Kier alpha value is -3.77. The number of hydrogen-bond donors (Lipinski definition) is 2. The van der Waals surface area contributed by atoms with Gasteiger partial charge in [0.25, 0.3) is 10.0 Å². The van der Waals surface area contributed by atoms with Crippen LogP contribution in [-0.2, 0) is 10.0 Å². The average Bonchev–Trinajstić information content (AvgIpc) is 3.39. The Morgan fingerprint density at radius 3 is 2.62 bits per heavy atom. The van der Waals surface area contributed by atoms with Crippen LogP contribution in [0, 0.1) is 19.8 Å². The zero-order valence-corrected chi connectivity index (χ0v) is 22.0. The maximum absolute atomic E-state index is 13.4. The normalized spacial score (nSPS) is 20.2. The van der Waals surface area contributed by atoms with Gasteiger partial charge >= 0.3 is 0 Å². The van der Waals surface area contributed by atoms with Crippen molar-refractivity contribution in [2.24, 2.45) is 5.92 Å². The standard InChI is InChI=1S/C31H30N2O3S/c1-19-11-14-27(20(2)17-19)33-37(34,35)22-13-15-28-26(18-22)24-9-6-10-25(24)31(32-28)30-23-8-5-4-7-21(23)12-16-29(30)36-3/h4-9,11-18,24-25,31-33H,10H2,1-3H3. The van der Waals surface area contributed by atoms with Gasteiger partial charge in [0.1, 0.15) is 5.75 Å². The summed E-state index contributed by atoms with van der Waals surface area (Å²) in [5, 5.41) is 6.11. The lowest BCUT2D eigenvalue weighted by atomic mass is 9.76. The molecule has 37 heavy (non-hydrogen) atoms. The molecule has 0 aromatic heterocycles. The molecule has 1 aliphatic carbocycles. The molecular formula is C31H30N2O3S. The number of benzene rings is 4. The van der Waals surface area contributed by atoms with Gasteiger partial charge in [0, 0.05) is 17.2 Å². The van der Waals surface area contributed by atoms with Crippen LogP contribution in [0.2, 0.25) is 0 Å². The third kappa shape index (κ3) is 4.05. The van der Waals surface area contributed by atoms with Gasteiger partial charge in [0.2, 0.25) is 0 Å². The van der Waals surface area contributed by atoms with Crippen molar-refractivity contribution in [1.82, 2.24) is 0 Å². The molecule has 0 saturated carbocycles. The molecule has 4 aromatic carbocycles. The van der Waals surface area contributed by atoms with Crippen LogP contribution in [0.5, 0.6) is 5.75 Å². The smallest absolute Gasteiger partial charge is 0.261 e. The van der Waals surface area contributed by atoms with E-state index in [0.29, 0.717) is 5.69 Å². The molecule has 0 bridgehead atoms. The molecule has 0 saturated heterocycles. The van der Waals surface area contributed by atoms with E-state index in [1.165, 1.54) is 10.8 Å². The molecule has 0 amide bonds. The van der Waals surface area contributed by atoms with Gasteiger partial charge in [-0.2, -0.15) is 0 Å². The molecule has 0 fully saturated rings. The number of allylic oxidation sites excluding steroid dienone is 2. The highest BCUT2D eigenvalue weighted by Gasteiger charge is 2.40. The summed E-state index contributed by atoms with van der Waals surface area (Å²) in [6.07, 6.45) is 5.35. The second-order valence-corrected chi connectivity index (χ2v) is 11.7. The molecule has 0 radical (unpaired) electrons. The molecule has 5 nitrogen and oxygen atoms in total. The van der Waals surface area contributed by atoms with E-state index in [1.54, 1.807) is 13.2 Å². The van der Waals surface area contributed by atoms with Gasteiger partial charge in [-0.3, -0.25) is 4.72 Å². The molecule has 4 aromatic rings. The van der Waals surface area contributed by atoms with Gasteiger partial charge in [-0.1, -0.05) is 60.2 Å². The van der Waals surface area contributed by atoms with Crippen LogP contribution in [0.1, 0.15) is 40.6 Å². The third-order valence-electron chi connectivity index (χ3n) is 7.73. The Morgan fingerprint density at radius 1 is 0.973 bits per heavy atom. The molecule has 2 aliphatic rings. The summed E-state index contributed by atoms with van der Waals surface area (Å²) >= 11 is 0. The zero-order chi connectivity index (χ0) is 25.7. The van der Waals surface area contributed by atoms with Crippen molar-refractivity contribution in [1.29, 1.82) is 0 Å². The van der Waals surface area contributed by atoms with Crippen molar-refractivity contribution in [2.45, 2.75) is 37.1 Å². The predicted octanol–water partition coefficient (Wildman–Crippen LogP) is 7.09. The molecule has 188 valence electrons. The molecule has 1 aliphatic heterocycles. The Kier molecular flexibility index (Phi) is 5.72. The number of anilines is 2. The summed E-state index contributed by atoms with van der Waals surface area (Å²) in [5.41, 5.74) is 5.71. The highest BCUT2D eigenvalue weighted by atomic mass is 32.2. The summed E-state index contributed by atoms with van der Waals surface area (Å²) in [4.78, 5) is 0.272. The molecule has 2 N–H and O–H groups in total. The molecule has 6 rings (SSSR count). The Morgan fingerprint density at radius 2 is 1.81 bits per heavy atom. The third-order valence-corrected chi connectivity index (χ3v) is 9.10. The van der Waals surface area contributed by atoms with E-state index in [1.807, 2.05) is 50.2 Å². The largest absolute Gasteiger partial charge is 0.496 e. The van der Waals surface area contributed by atoms with Crippen LogP contribution < -0.4 is 14.8 Å². The van der Waals surface area contributed by atoms with Crippen LogP contribution in [0.4, 0.5) is 11.4 Å². The predicted molar refractivity (Wildman–Crippen MR) is 150 cm³/mol. The van der Waals surface area contributed by atoms with E-state index >= 15 is 0 Å². The fraction of sp³-hybridized carbons (Fsp3) is 0.226. The average molecular weight is 511 g/mol. The molecule has 6 heteroatoms. The van der Waals surface area contributed by atoms with Gasteiger partial charge in [0.15, 0.2) is 0 Å². The Bertz CT molecular complexity index is 1660. The van der Waals surface area contributed by atoms with Crippen molar-refractivity contribution in [3.05, 3.63) is 107 Å². The van der Waals surface area contributed by atoms with Crippen LogP contribution in [-0.4, -0.2) is 15.5 Å². The minimum absolute atomic E-state index is 0.0318.